The summed E-state index contributed by atoms with van der Waals surface area (Å²) in [5, 5.41) is 3.84. The van der Waals surface area contributed by atoms with Gasteiger partial charge in [0.2, 0.25) is 0 Å². The van der Waals surface area contributed by atoms with Crippen LogP contribution in [0.25, 0.3) is 21.5 Å². The highest BCUT2D eigenvalue weighted by Crippen LogP contribution is 2.54. The molecule has 1 aliphatic rings. The van der Waals surface area contributed by atoms with Crippen molar-refractivity contribution in [1.82, 2.24) is 4.67 Å². The Morgan fingerprint density at radius 2 is 1.13 bits per heavy atom. The lowest BCUT2D eigenvalue weighted by molar-refractivity contribution is 0.0629. The molecule has 1 fully saturated rings. The molecule has 0 atom stereocenters. The van der Waals surface area contributed by atoms with E-state index in [1.807, 2.05) is 84.9 Å². The lowest BCUT2D eigenvalue weighted by atomic mass is 10.1. The predicted molar refractivity (Wildman–Crippen MR) is 119 cm³/mol. The number of hydrogen-bond acceptors (Lipinski definition) is 4. The Kier molecular flexibility index (Phi) is 5.17. The Hall–Kier alpha value is -2.85. The standard InChI is InChI=1S/C24H22NO4P/c26-30(25-15-17-27-18-16-25,28-23-13-5-9-19-7-1-3-11-21(19)23)29-24-14-6-10-20-8-2-4-12-22(20)24/h1-14H,15-18H2. The molecule has 0 unspecified atom stereocenters. The number of benzene rings is 4. The number of fused-ring (bicyclic) bond motifs is 2. The van der Waals surface area contributed by atoms with Crippen LogP contribution < -0.4 is 9.05 Å². The van der Waals surface area contributed by atoms with E-state index in [-0.39, 0.29) is 0 Å². The molecule has 5 rings (SSSR count). The summed E-state index contributed by atoms with van der Waals surface area (Å²) in [6, 6.07) is 27.3. The van der Waals surface area contributed by atoms with Crippen molar-refractivity contribution in [3.8, 4) is 11.5 Å². The Bertz CT molecular complexity index is 1140. The molecule has 152 valence electrons. The van der Waals surface area contributed by atoms with Gasteiger partial charge < -0.3 is 13.8 Å². The van der Waals surface area contributed by atoms with Crippen LogP contribution in [-0.2, 0) is 9.30 Å². The van der Waals surface area contributed by atoms with Gasteiger partial charge in [0.05, 0.1) is 13.2 Å². The van der Waals surface area contributed by atoms with Crippen molar-refractivity contribution in [2.24, 2.45) is 0 Å². The molecule has 6 heteroatoms. The summed E-state index contributed by atoms with van der Waals surface area (Å²) in [7, 11) is -3.69. The molecule has 4 aromatic rings. The quantitative estimate of drug-likeness (QED) is 0.378. The first kappa shape index (κ1) is 19.1. The summed E-state index contributed by atoms with van der Waals surface area (Å²) < 4.78 is 33.9. The second-order valence-electron chi connectivity index (χ2n) is 7.17. The van der Waals surface area contributed by atoms with E-state index in [9.17, 15) is 4.57 Å². The van der Waals surface area contributed by atoms with E-state index in [4.69, 9.17) is 13.8 Å². The second-order valence-corrected chi connectivity index (χ2v) is 9.04. The number of ether oxygens (including phenoxy) is 1. The lowest BCUT2D eigenvalue weighted by Crippen LogP contribution is -2.36. The molecule has 0 spiro atoms. The minimum atomic E-state index is -3.69. The van der Waals surface area contributed by atoms with Crippen molar-refractivity contribution >= 4 is 29.3 Å². The molecular formula is C24H22NO4P. The van der Waals surface area contributed by atoms with Crippen LogP contribution in [0.5, 0.6) is 11.5 Å². The van der Waals surface area contributed by atoms with E-state index in [1.165, 1.54) is 0 Å². The normalized spacial score (nSPS) is 15.3. The molecule has 1 aliphatic heterocycles. The second kappa shape index (κ2) is 8.11. The van der Waals surface area contributed by atoms with Gasteiger partial charge in [-0.2, -0.15) is 4.67 Å². The highest BCUT2D eigenvalue weighted by Gasteiger charge is 2.39. The van der Waals surface area contributed by atoms with Crippen LogP contribution in [0.2, 0.25) is 0 Å². The van der Waals surface area contributed by atoms with Crippen LogP contribution in [0.3, 0.4) is 0 Å². The summed E-state index contributed by atoms with van der Waals surface area (Å²) in [4.78, 5) is 0. The minimum Gasteiger partial charge on any atom is -0.404 e. The molecule has 0 bridgehead atoms. The van der Waals surface area contributed by atoms with Gasteiger partial charge in [-0.1, -0.05) is 72.8 Å². The van der Waals surface area contributed by atoms with Crippen molar-refractivity contribution in [2.45, 2.75) is 0 Å². The molecule has 4 aromatic carbocycles. The maximum atomic E-state index is 14.2. The topological polar surface area (TPSA) is 48.0 Å². The lowest BCUT2D eigenvalue weighted by Gasteiger charge is -2.32. The summed E-state index contributed by atoms with van der Waals surface area (Å²) >= 11 is 0. The molecule has 0 aromatic heterocycles. The van der Waals surface area contributed by atoms with Crippen molar-refractivity contribution in [3.05, 3.63) is 84.9 Å². The molecule has 1 saturated heterocycles. The maximum Gasteiger partial charge on any atom is 0.515 e. The van der Waals surface area contributed by atoms with Crippen molar-refractivity contribution in [2.75, 3.05) is 26.3 Å². The third-order valence-corrected chi connectivity index (χ3v) is 7.21. The van der Waals surface area contributed by atoms with Crippen LogP contribution in [-0.4, -0.2) is 31.0 Å². The van der Waals surface area contributed by atoms with Crippen molar-refractivity contribution in [3.63, 3.8) is 0 Å². The highest BCUT2D eigenvalue weighted by atomic mass is 31.2. The first-order valence-electron chi connectivity index (χ1n) is 10.0. The van der Waals surface area contributed by atoms with Gasteiger partial charge in [-0.3, -0.25) is 0 Å². The molecule has 1 heterocycles. The zero-order valence-corrected chi connectivity index (χ0v) is 17.3. The summed E-state index contributed by atoms with van der Waals surface area (Å²) in [5.74, 6) is 1.09. The van der Waals surface area contributed by atoms with Crippen LogP contribution in [0.1, 0.15) is 0 Å². The van der Waals surface area contributed by atoms with Crippen LogP contribution in [0.4, 0.5) is 0 Å². The fourth-order valence-corrected chi connectivity index (χ4v) is 5.47. The van der Waals surface area contributed by atoms with Gasteiger partial charge in [-0.05, 0) is 22.9 Å². The van der Waals surface area contributed by atoms with E-state index in [1.54, 1.807) is 4.67 Å². The van der Waals surface area contributed by atoms with Crippen molar-refractivity contribution < 1.29 is 18.3 Å². The van der Waals surface area contributed by atoms with E-state index in [2.05, 4.69) is 0 Å². The summed E-state index contributed by atoms with van der Waals surface area (Å²) in [6.45, 7) is 1.93. The maximum absolute atomic E-state index is 14.2. The molecule has 0 radical (unpaired) electrons. The summed E-state index contributed by atoms with van der Waals surface area (Å²) in [5.41, 5.74) is 0. The van der Waals surface area contributed by atoms with Gasteiger partial charge >= 0.3 is 7.75 Å². The number of hydrogen-bond donors (Lipinski definition) is 0. The smallest absolute Gasteiger partial charge is 0.404 e. The first-order valence-corrected chi connectivity index (χ1v) is 11.5. The van der Waals surface area contributed by atoms with E-state index in [0.29, 0.717) is 37.8 Å². The SMILES string of the molecule is O=P(Oc1cccc2ccccc12)(Oc1cccc2ccccc12)N1CCOCC1. The molecular weight excluding hydrogens is 397 g/mol. The third kappa shape index (κ3) is 3.68. The van der Waals surface area contributed by atoms with E-state index in [0.717, 1.165) is 21.5 Å². The van der Waals surface area contributed by atoms with E-state index < -0.39 is 7.75 Å². The minimum absolute atomic E-state index is 0.479. The monoisotopic (exact) mass is 419 g/mol. The Morgan fingerprint density at radius 3 is 1.67 bits per heavy atom. The van der Waals surface area contributed by atoms with Gasteiger partial charge in [0, 0.05) is 23.9 Å². The largest absolute Gasteiger partial charge is 0.515 e. The molecule has 0 saturated carbocycles. The fourth-order valence-electron chi connectivity index (χ4n) is 3.73. The van der Waals surface area contributed by atoms with E-state index >= 15 is 0 Å². The summed E-state index contributed by atoms with van der Waals surface area (Å²) in [6.07, 6.45) is 0. The zero-order chi connectivity index (χ0) is 20.4. The number of morpholine rings is 1. The first-order chi connectivity index (χ1) is 14.7. The fraction of sp³-hybridized carbons (Fsp3) is 0.167. The molecule has 30 heavy (non-hydrogen) atoms. The van der Waals surface area contributed by atoms with Crippen LogP contribution >= 0.6 is 7.75 Å². The average molecular weight is 419 g/mol. The van der Waals surface area contributed by atoms with Gasteiger partial charge in [0.15, 0.2) is 0 Å². The Morgan fingerprint density at radius 1 is 0.667 bits per heavy atom. The van der Waals surface area contributed by atoms with Gasteiger partial charge in [0.25, 0.3) is 0 Å². The average Bonchev–Trinajstić information content (AvgIpc) is 2.80. The molecule has 0 amide bonds. The van der Waals surface area contributed by atoms with Crippen LogP contribution in [0, 0.1) is 0 Å². The molecule has 0 N–H and O–H groups in total. The zero-order valence-electron chi connectivity index (χ0n) is 16.4. The van der Waals surface area contributed by atoms with Crippen molar-refractivity contribution in [1.29, 1.82) is 0 Å². The molecule has 5 nitrogen and oxygen atoms in total. The molecule has 0 aliphatic carbocycles. The van der Waals surface area contributed by atoms with Gasteiger partial charge in [-0.25, -0.2) is 4.57 Å². The van der Waals surface area contributed by atoms with Gasteiger partial charge in [0.1, 0.15) is 11.5 Å². The third-order valence-electron chi connectivity index (χ3n) is 5.26. The van der Waals surface area contributed by atoms with Crippen LogP contribution in [0.15, 0.2) is 84.9 Å². The number of nitrogens with zero attached hydrogens (tertiary/aromatic N) is 1. The Balaban J connectivity index is 1.58. The number of rotatable bonds is 5. The van der Waals surface area contributed by atoms with Gasteiger partial charge in [-0.15, -0.1) is 0 Å². The highest BCUT2D eigenvalue weighted by molar-refractivity contribution is 7.52. The Labute approximate surface area is 175 Å². The predicted octanol–water partition coefficient (Wildman–Crippen LogP) is 5.89.